The minimum Gasteiger partial charge on any atom is -0.391 e. The van der Waals surface area contributed by atoms with Crippen LogP contribution in [0.1, 0.15) is 140 Å². The van der Waals surface area contributed by atoms with Crippen molar-refractivity contribution >= 4 is 52.2 Å². The molecule has 5 heterocycles. The number of rotatable bonds is 23. The molecule has 0 radical (unpaired) electrons. The average molecular weight is 1200 g/mol. The van der Waals surface area contributed by atoms with Crippen molar-refractivity contribution in [3.63, 3.8) is 0 Å². The van der Waals surface area contributed by atoms with Crippen molar-refractivity contribution in [1.29, 1.82) is 0 Å². The van der Waals surface area contributed by atoms with Crippen molar-refractivity contribution in [3.05, 3.63) is 140 Å². The lowest BCUT2D eigenvalue weighted by Crippen LogP contribution is -2.55. The van der Waals surface area contributed by atoms with Crippen LogP contribution in [0.15, 0.2) is 93.8 Å². The van der Waals surface area contributed by atoms with Gasteiger partial charge in [0.2, 0.25) is 23.3 Å². The maximum absolute atomic E-state index is 15.7. The number of carbonyl (C=O) groups is 5. The van der Waals surface area contributed by atoms with Crippen molar-refractivity contribution < 1.29 is 51.2 Å². The molecule has 6 atom stereocenters. The fourth-order valence-electron chi connectivity index (χ4n) is 11.1. The number of carbonyl (C=O) groups excluding carboxylic acids is 5. The number of aliphatic hydroxyl groups excluding tert-OH is 1. The number of likely N-dealkylation sites (N-methyl/N-ethyl adjacent to an activating group) is 1. The third-order valence-electron chi connectivity index (χ3n) is 15.9. The van der Waals surface area contributed by atoms with E-state index in [1.54, 1.807) is 30.6 Å². The van der Waals surface area contributed by atoms with Gasteiger partial charge in [-0.3, -0.25) is 33.7 Å². The molecule has 0 spiro atoms. The first-order chi connectivity index (χ1) is 40.5. The number of hydrogen-bond acceptors (Lipinski definition) is 13. The lowest BCUT2D eigenvalue weighted by atomic mass is 9.91. The molecule has 2 aliphatic heterocycles. The van der Waals surface area contributed by atoms with Gasteiger partial charge >= 0.3 is 6.18 Å². The van der Waals surface area contributed by atoms with E-state index in [4.69, 9.17) is 4.52 Å². The number of amides is 5. The molecule has 6 aromatic rings. The Morgan fingerprint density at radius 1 is 0.847 bits per heavy atom. The molecule has 18 nitrogen and oxygen atoms in total. The van der Waals surface area contributed by atoms with Crippen LogP contribution >= 0.6 is 11.3 Å². The SMILES string of the molecule is Cc1cc([C@H](C(=O)N2C[C@H](O)C[C@H]2C(=O)N[C@@H](CC(=O)NCCCCCCCCNC(=O)c2ccc(F)c(-c3ccc(N4C[C@@H](C)N(C)[C@@H](C)C4)c(NC(=O)c4c[nH]c(=O)cc4C(F)(F)F)c3)c2)c2ccc(-c3scnc3C)cc2)C(C)C)on1. The number of pyridine rings is 1. The van der Waals surface area contributed by atoms with Crippen LogP contribution in [0.25, 0.3) is 21.6 Å². The summed E-state index contributed by atoms with van der Waals surface area (Å²) in [6.07, 6.45) is -0.538. The predicted octanol–water partition coefficient (Wildman–Crippen LogP) is 9.55. The smallest absolute Gasteiger partial charge is 0.391 e. The number of piperazine rings is 1. The summed E-state index contributed by atoms with van der Waals surface area (Å²) < 4.78 is 63.3. The first-order valence-corrected chi connectivity index (χ1v) is 29.6. The average Bonchev–Trinajstić information content (AvgIpc) is 4.17. The Hall–Kier alpha value is -7.76. The van der Waals surface area contributed by atoms with E-state index in [9.17, 15) is 47.0 Å². The van der Waals surface area contributed by atoms with Crippen molar-refractivity contribution in [2.45, 2.75) is 135 Å². The summed E-state index contributed by atoms with van der Waals surface area (Å²) in [5.41, 5.74) is 2.75. The van der Waals surface area contributed by atoms with E-state index in [0.29, 0.717) is 74.0 Å². The second-order valence-electron chi connectivity index (χ2n) is 22.6. The second-order valence-corrected chi connectivity index (χ2v) is 23.5. The van der Waals surface area contributed by atoms with Crippen LogP contribution in [0, 0.1) is 25.6 Å². The molecule has 0 aliphatic carbocycles. The highest BCUT2D eigenvalue weighted by molar-refractivity contribution is 7.13. The molecule has 5 amide bonds. The number of H-pyrrole nitrogens is 1. The maximum Gasteiger partial charge on any atom is 0.417 e. The number of unbranched alkanes of at least 4 members (excludes halogenated alkanes) is 5. The van der Waals surface area contributed by atoms with E-state index >= 15 is 4.39 Å². The zero-order valence-corrected chi connectivity index (χ0v) is 49.6. The highest BCUT2D eigenvalue weighted by Crippen LogP contribution is 2.38. The number of thiazole rings is 1. The number of likely N-dealkylation sites (tertiary alicyclic amines) is 1. The van der Waals surface area contributed by atoms with Gasteiger partial charge in [0.05, 0.1) is 62.8 Å². The Balaban J connectivity index is 0.825. The Bertz CT molecular complexity index is 3390. The van der Waals surface area contributed by atoms with Crippen LogP contribution in [0.5, 0.6) is 0 Å². The predicted molar refractivity (Wildman–Crippen MR) is 317 cm³/mol. The first-order valence-electron chi connectivity index (χ1n) is 28.8. The molecule has 0 saturated carbocycles. The monoisotopic (exact) mass is 1190 g/mol. The van der Waals surface area contributed by atoms with Crippen LogP contribution in [0.3, 0.4) is 0 Å². The Morgan fingerprint density at radius 3 is 2.15 bits per heavy atom. The van der Waals surface area contributed by atoms with Crippen molar-refractivity contribution in [3.8, 4) is 21.6 Å². The van der Waals surface area contributed by atoms with Crippen LogP contribution in [0.4, 0.5) is 28.9 Å². The van der Waals surface area contributed by atoms with E-state index in [1.165, 1.54) is 34.4 Å². The summed E-state index contributed by atoms with van der Waals surface area (Å²) >= 11 is 1.51. The van der Waals surface area contributed by atoms with Crippen LogP contribution in [0.2, 0.25) is 0 Å². The van der Waals surface area contributed by atoms with Gasteiger partial charge in [-0.05, 0) is 101 Å². The largest absolute Gasteiger partial charge is 0.417 e. The molecule has 85 heavy (non-hydrogen) atoms. The molecule has 23 heteroatoms. The van der Waals surface area contributed by atoms with Gasteiger partial charge in [0.15, 0.2) is 0 Å². The molecule has 2 aliphatic rings. The lowest BCUT2D eigenvalue weighted by molar-refractivity contribution is -0.141. The molecule has 2 fully saturated rings. The summed E-state index contributed by atoms with van der Waals surface area (Å²) in [5, 5.41) is 26.3. The maximum atomic E-state index is 15.7. The normalized spacial score (nSPS) is 18.1. The van der Waals surface area contributed by atoms with Gasteiger partial charge in [0.1, 0.15) is 23.5 Å². The number of aryl methyl sites for hydroxylation is 2. The molecule has 8 rings (SSSR count). The zero-order chi connectivity index (χ0) is 61.3. The first kappa shape index (κ1) is 63.3. The van der Waals surface area contributed by atoms with Crippen molar-refractivity contribution in [2.75, 3.05) is 50.0 Å². The number of halogens is 4. The van der Waals surface area contributed by atoms with Gasteiger partial charge in [-0.2, -0.15) is 13.2 Å². The van der Waals surface area contributed by atoms with Crippen molar-refractivity contribution in [2.24, 2.45) is 5.92 Å². The topological polar surface area (TPSA) is 235 Å². The standard InChI is InChI=1S/C62H74F4N10O8S/c1-35(2)56(53-24-36(3)73-84-53)61(83)76-33-44(77)27-52(76)60(82)71-49(40-14-16-41(17-15-40)57-39(6)70-34-85-57)29-55(79)67-22-12-10-8-9-11-13-23-68-58(80)43-18-20-48(63)45(25-43)42-19-21-51(75-31-37(4)74(7)38(5)32-75)50(26-42)72-59(81)46-30-69-54(78)28-47(46)62(64,65)66/h14-21,24-26,28,30,34-35,37-38,44,49,52,56,77H,8-13,22-23,27,29,31-33H2,1-7H3,(H,67,79)(H,68,80)(H,69,78)(H,71,82)(H,72,81)/t37-,38+,44-,49+,52+,56-/m1/s1. The van der Waals surface area contributed by atoms with E-state index in [-0.39, 0.29) is 71.6 Å². The second kappa shape index (κ2) is 28.0. The van der Waals surface area contributed by atoms with Crippen LogP contribution in [-0.2, 0) is 20.6 Å². The molecule has 3 aromatic carbocycles. The van der Waals surface area contributed by atoms with Crippen molar-refractivity contribution in [1.82, 2.24) is 40.9 Å². The van der Waals surface area contributed by atoms with Crippen LogP contribution in [-0.4, -0.2) is 124 Å². The lowest BCUT2D eigenvalue weighted by Gasteiger charge is -2.44. The number of aromatic nitrogens is 3. The molecular weight excluding hydrogens is 1120 g/mol. The number of alkyl halides is 3. The highest BCUT2D eigenvalue weighted by atomic mass is 32.1. The Morgan fingerprint density at radius 2 is 1.52 bits per heavy atom. The fourth-order valence-corrected chi connectivity index (χ4v) is 11.9. The fraction of sp³-hybridized carbons (Fsp3) is 0.452. The number of anilines is 2. The van der Waals surface area contributed by atoms with Gasteiger partial charge < -0.3 is 45.7 Å². The zero-order valence-electron chi connectivity index (χ0n) is 48.8. The Labute approximate surface area is 495 Å². The molecule has 3 aromatic heterocycles. The van der Waals surface area contributed by atoms with Gasteiger partial charge in [-0.1, -0.05) is 75.0 Å². The summed E-state index contributed by atoms with van der Waals surface area (Å²) in [7, 11) is 1.99. The quantitative estimate of drug-likeness (QED) is 0.0260. The van der Waals surface area contributed by atoms with E-state index < -0.39 is 70.5 Å². The van der Waals surface area contributed by atoms with Gasteiger partial charge in [0.25, 0.3) is 11.8 Å². The number of benzene rings is 3. The number of nitrogens with zero attached hydrogens (tertiary/aromatic N) is 5. The number of nitrogens with one attached hydrogen (secondary N) is 5. The molecule has 0 unspecified atom stereocenters. The molecule has 454 valence electrons. The third kappa shape index (κ3) is 15.8. The van der Waals surface area contributed by atoms with Gasteiger partial charge in [-0.15, -0.1) is 11.3 Å². The Kier molecular flexibility index (Phi) is 20.8. The molecule has 6 N–H and O–H groups in total. The van der Waals surface area contributed by atoms with Gasteiger partial charge in [-0.25, -0.2) is 9.37 Å². The number of hydrogen-bond donors (Lipinski definition) is 6. The van der Waals surface area contributed by atoms with E-state index in [0.717, 1.165) is 47.9 Å². The minimum atomic E-state index is -5.00. The molecule has 0 bridgehead atoms. The number of β-amino-alcohol motifs (C(OH)–C–C–N with tert-alkyl or cyclic N) is 1. The molecular formula is C62H74F4N10O8S. The number of aromatic amines is 1. The summed E-state index contributed by atoms with van der Waals surface area (Å²) in [4.78, 5) is 93.9. The van der Waals surface area contributed by atoms with E-state index in [2.05, 4.69) is 41.3 Å². The minimum absolute atomic E-state index is 0.0293. The molecule has 2 saturated heterocycles. The van der Waals surface area contributed by atoms with Crippen LogP contribution < -0.4 is 31.7 Å². The third-order valence-corrected chi connectivity index (χ3v) is 16.9. The highest BCUT2D eigenvalue weighted by Gasteiger charge is 2.44. The summed E-state index contributed by atoms with van der Waals surface area (Å²) in [6, 6.07) is 16.7. The summed E-state index contributed by atoms with van der Waals surface area (Å²) in [6.45, 7) is 13.3. The van der Waals surface area contributed by atoms with Gasteiger partial charge in [0, 0.05) is 80.7 Å². The summed E-state index contributed by atoms with van der Waals surface area (Å²) in [5.74, 6) is -3.89. The number of aliphatic hydroxyl groups is 1. The van der Waals surface area contributed by atoms with E-state index in [1.807, 2.05) is 70.8 Å².